The van der Waals surface area contributed by atoms with E-state index in [4.69, 9.17) is 0 Å². The summed E-state index contributed by atoms with van der Waals surface area (Å²) >= 11 is 2.11. The van der Waals surface area contributed by atoms with E-state index in [0.717, 1.165) is 28.5 Å². The van der Waals surface area contributed by atoms with Crippen LogP contribution in [0.1, 0.15) is 43.5 Å². The van der Waals surface area contributed by atoms with Gasteiger partial charge in [0.2, 0.25) is 0 Å². The van der Waals surface area contributed by atoms with E-state index < -0.39 is 0 Å². The van der Waals surface area contributed by atoms with E-state index in [-0.39, 0.29) is 17.2 Å². The number of aromatic amines is 1. The highest BCUT2D eigenvalue weighted by atomic mass is 127. The fourth-order valence-corrected chi connectivity index (χ4v) is 4.70. The second-order valence-electron chi connectivity index (χ2n) is 9.72. The first-order valence-corrected chi connectivity index (χ1v) is 14.2. The molecule has 11 heteroatoms. The van der Waals surface area contributed by atoms with Gasteiger partial charge in [-0.25, -0.2) is 14.8 Å². The summed E-state index contributed by atoms with van der Waals surface area (Å²) in [6.07, 6.45) is 5.67. The molecule has 4 aromatic rings. The summed E-state index contributed by atoms with van der Waals surface area (Å²) in [7, 11) is 3.91. The van der Waals surface area contributed by atoms with Crippen LogP contribution in [0.3, 0.4) is 0 Å². The van der Waals surface area contributed by atoms with Crippen LogP contribution in [-0.2, 0) is 13.1 Å². The third-order valence-corrected chi connectivity index (χ3v) is 7.15. The van der Waals surface area contributed by atoms with Crippen LogP contribution in [0.4, 0.5) is 5.82 Å². The smallest absolute Gasteiger partial charge is 0.331 e. The normalized spacial score (nSPS) is 11.4. The number of nitrogens with zero attached hydrogens (tertiary/aromatic N) is 6. The lowest BCUT2D eigenvalue weighted by atomic mass is 10.2. The number of rotatable bonds is 11. The summed E-state index contributed by atoms with van der Waals surface area (Å²) in [5.74, 6) is 0.341. The zero-order chi connectivity index (χ0) is 28.1. The van der Waals surface area contributed by atoms with Gasteiger partial charge in [-0.05, 0) is 79.9 Å². The van der Waals surface area contributed by atoms with Crippen LogP contribution < -0.4 is 16.1 Å². The van der Waals surface area contributed by atoms with Gasteiger partial charge in [0.1, 0.15) is 15.0 Å². The number of aromatic nitrogens is 5. The Hall–Kier alpha value is -3.32. The predicted molar refractivity (Wildman–Crippen MR) is 162 cm³/mol. The quantitative estimate of drug-likeness (QED) is 0.196. The Morgan fingerprint density at radius 2 is 1.77 bits per heavy atom. The van der Waals surface area contributed by atoms with Gasteiger partial charge in [0.15, 0.2) is 0 Å². The number of anilines is 1. The van der Waals surface area contributed by atoms with Crippen molar-refractivity contribution in [1.82, 2.24) is 29.0 Å². The van der Waals surface area contributed by atoms with E-state index in [1.165, 1.54) is 4.57 Å². The Bertz CT molecular complexity index is 1550. The fraction of sp³-hybridized carbons (Fsp3) is 0.393. The van der Waals surface area contributed by atoms with Gasteiger partial charge < -0.3 is 9.88 Å². The van der Waals surface area contributed by atoms with Crippen molar-refractivity contribution in [3.05, 3.63) is 72.8 Å². The van der Waals surface area contributed by atoms with Crippen LogP contribution in [0, 0.1) is 3.70 Å². The van der Waals surface area contributed by atoms with Gasteiger partial charge in [-0.15, -0.1) is 0 Å². The van der Waals surface area contributed by atoms with Gasteiger partial charge >= 0.3 is 5.69 Å². The molecule has 0 unspecified atom stereocenters. The molecule has 0 saturated heterocycles. The number of nitrogens with one attached hydrogen (secondary N) is 1. The maximum atomic E-state index is 13.4. The number of hydrogen-bond donors (Lipinski definition) is 1. The van der Waals surface area contributed by atoms with Crippen molar-refractivity contribution in [2.24, 2.45) is 0 Å². The monoisotopic (exact) mass is 643 g/mol. The van der Waals surface area contributed by atoms with Crippen LogP contribution in [0.2, 0.25) is 0 Å². The molecule has 1 N–H and O–H groups in total. The van der Waals surface area contributed by atoms with E-state index in [1.54, 1.807) is 40.1 Å². The van der Waals surface area contributed by atoms with Crippen LogP contribution in [0.15, 0.2) is 52.3 Å². The first kappa shape index (κ1) is 28.7. The number of H-pyrrole nitrogens is 1. The summed E-state index contributed by atoms with van der Waals surface area (Å²) in [6.45, 7) is 6.07. The number of unbranched alkanes of at least 4 members (excludes halogenated alkanes) is 1. The average molecular weight is 644 g/mol. The lowest BCUT2D eigenvalue weighted by Gasteiger charge is -2.23. The van der Waals surface area contributed by atoms with Crippen molar-refractivity contribution < 1.29 is 4.79 Å². The zero-order valence-electron chi connectivity index (χ0n) is 22.8. The van der Waals surface area contributed by atoms with Crippen molar-refractivity contribution in [2.75, 3.05) is 32.1 Å². The minimum Gasteiger partial charge on any atom is -0.349 e. The summed E-state index contributed by atoms with van der Waals surface area (Å²) < 4.78 is 3.81. The molecule has 10 nitrogen and oxygen atoms in total. The number of carbonyl (C=O) groups excluding carboxylic acids is 1. The lowest BCUT2D eigenvalue weighted by molar-refractivity contribution is 0.0984. The maximum absolute atomic E-state index is 13.4. The second-order valence-corrected chi connectivity index (χ2v) is 10.8. The Kier molecular flexibility index (Phi) is 9.33. The molecule has 4 rings (SSSR count). The Labute approximate surface area is 240 Å². The SMILES string of the molecule is CCCCn1c(=O)c2[nH]c(-c3ccc(N(CCN(C)C)C(=O)c4ccc(I)nc4)nc3)cc2n(CCC)c1=O. The van der Waals surface area contributed by atoms with Crippen LogP contribution in [-0.4, -0.2) is 62.1 Å². The topological polar surface area (TPSA) is 109 Å². The molecule has 0 spiro atoms. The molecule has 0 atom stereocenters. The number of carbonyl (C=O) groups is 1. The molecule has 1 amide bonds. The Morgan fingerprint density at radius 1 is 0.974 bits per heavy atom. The Morgan fingerprint density at radius 3 is 2.38 bits per heavy atom. The van der Waals surface area contributed by atoms with Crippen LogP contribution >= 0.6 is 22.6 Å². The van der Waals surface area contributed by atoms with Gasteiger partial charge in [0.25, 0.3) is 11.5 Å². The molecule has 39 heavy (non-hydrogen) atoms. The minimum absolute atomic E-state index is 0.178. The fourth-order valence-electron chi connectivity index (χ4n) is 4.38. The van der Waals surface area contributed by atoms with Gasteiger partial charge in [0, 0.05) is 49.8 Å². The molecule has 0 radical (unpaired) electrons. The highest BCUT2D eigenvalue weighted by Gasteiger charge is 2.21. The van der Waals surface area contributed by atoms with Gasteiger partial charge in [-0.2, -0.15) is 0 Å². The molecule has 0 aromatic carbocycles. The molecule has 4 heterocycles. The van der Waals surface area contributed by atoms with Crippen molar-refractivity contribution in [3.8, 4) is 11.3 Å². The van der Waals surface area contributed by atoms with E-state index in [9.17, 15) is 14.4 Å². The highest BCUT2D eigenvalue weighted by molar-refractivity contribution is 14.1. The van der Waals surface area contributed by atoms with Crippen molar-refractivity contribution >= 4 is 45.3 Å². The summed E-state index contributed by atoms with van der Waals surface area (Å²) in [4.78, 5) is 55.5. The molecule has 0 fully saturated rings. The molecule has 206 valence electrons. The summed E-state index contributed by atoms with van der Waals surface area (Å²) in [5.41, 5.74) is 2.34. The number of halogens is 1. The number of aryl methyl sites for hydroxylation is 1. The van der Waals surface area contributed by atoms with E-state index >= 15 is 0 Å². The minimum atomic E-state index is -0.307. The molecule has 0 bridgehead atoms. The molecule has 0 aliphatic heterocycles. The first-order chi connectivity index (χ1) is 18.7. The third-order valence-electron chi connectivity index (χ3n) is 6.52. The lowest BCUT2D eigenvalue weighted by Crippen LogP contribution is -2.40. The molecule has 4 aromatic heterocycles. The zero-order valence-corrected chi connectivity index (χ0v) is 24.9. The molecule has 0 aliphatic carbocycles. The van der Waals surface area contributed by atoms with E-state index in [1.807, 2.05) is 45.0 Å². The number of likely N-dealkylation sites (N-methyl/N-ethyl adjacent to an activating group) is 1. The predicted octanol–water partition coefficient (Wildman–Crippen LogP) is 3.97. The van der Waals surface area contributed by atoms with E-state index in [2.05, 4.69) is 37.5 Å². The average Bonchev–Trinajstić information content (AvgIpc) is 3.37. The summed E-state index contributed by atoms with van der Waals surface area (Å²) in [6, 6.07) is 9.07. The largest absolute Gasteiger partial charge is 0.349 e. The van der Waals surface area contributed by atoms with Gasteiger partial charge in [0.05, 0.1) is 11.1 Å². The van der Waals surface area contributed by atoms with Crippen LogP contribution in [0.5, 0.6) is 0 Å². The second kappa shape index (κ2) is 12.7. The van der Waals surface area contributed by atoms with Gasteiger partial charge in [-0.1, -0.05) is 20.3 Å². The number of fused-ring (bicyclic) bond motifs is 1. The third kappa shape index (κ3) is 6.30. The first-order valence-electron chi connectivity index (χ1n) is 13.2. The summed E-state index contributed by atoms with van der Waals surface area (Å²) in [5, 5.41) is 0. The van der Waals surface area contributed by atoms with Gasteiger partial charge in [-0.3, -0.25) is 23.6 Å². The number of pyridine rings is 2. The van der Waals surface area contributed by atoms with Crippen molar-refractivity contribution in [3.63, 3.8) is 0 Å². The van der Waals surface area contributed by atoms with Crippen LogP contribution in [0.25, 0.3) is 22.3 Å². The molecule has 0 aliphatic rings. The molecular weight excluding hydrogens is 609 g/mol. The van der Waals surface area contributed by atoms with Crippen molar-refractivity contribution in [1.29, 1.82) is 0 Å². The number of hydrogen-bond acceptors (Lipinski definition) is 6. The molecular formula is C28H34IN7O3. The number of amides is 1. The standard InChI is InChI=1S/C28H34IN7O3/c1-5-7-13-36-27(38)25-22(34(12-6-2)28(36)39)16-21(32-25)19-9-11-24(31-17-19)35(15-14-33(3)4)26(37)20-8-10-23(29)30-18-20/h8-11,16-18,32H,5-7,12-15H2,1-4H3. The van der Waals surface area contributed by atoms with Crippen molar-refractivity contribution in [2.45, 2.75) is 46.2 Å². The molecule has 0 saturated carbocycles. The van der Waals surface area contributed by atoms with E-state index in [0.29, 0.717) is 54.3 Å². The Balaban J connectivity index is 1.72. The maximum Gasteiger partial charge on any atom is 0.331 e. The highest BCUT2D eigenvalue weighted by Crippen LogP contribution is 2.24.